The molecule has 2 aromatic heterocycles. The molecular formula is C25H29N5OS. The zero-order valence-corrected chi connectivity index (χ0v) is 19.1. The molecule has 1 atom stereocenters. The van der Waals surface area contributed by atoms with E-state index in [9.17, 15) is 4.79 Å². The normalized spacial score (nSPS) is 18.8. The molecule has 3 aromatic rings. The number of rotatable bonds is 8. The van der Waals surface area contributed by atoms with Crippen LogP contribution in [0.1, 0.15) is 66.4 Å². The molecule has 1 aromatic carbocycles. The largest absolute Gasteiger partial charge is 0.343 e. The molecule has 6 nitrogen and oxygen atoms in total. The summed E-state index contributed by atoms with van der Waals surface area (Å²) in [7, 11) is 0. The van der Waals surface area contributed by atoms with Gasteiger partial charge in [-0.05, 0) is 56.0 Å². The quantitative estimate of drug-likeness (QED) is 0.480. The predicted molar refractivity (Wildman–Crippen MR) is 128 cm³/mol. The number of nitrogens with zero attached hydrogens (tertiary/aromatic N) is 4. The van der Waals surface area contributed by atoms with Crippen molar-refractivity contribution in [3.8, 4) is 10.4 Å². The molecular weight excluding hydrogens is 418 g/mol. The molecule has 0 saturated heterocycles. The van der Waals surface area contributed by atoms with Gasteiger partial charge in [0.1, 0.15) is 5.69 Å². The maximum atomic E-state index is 13.3. The van der Waals surface area contributed by atoms with E-state index < -0.39 is 0 Å². The highest BCUT2D eigenvalue weighted by Gasteiger charge is 2.46. The monoisotopic (exact) mass is 447 g/mol. The summed E-state index contributed by atoms with van der Waals surface area (Å²) in [5.74, 6) is 0.357. The Kier molecular flexibility index (Phi) is 5.91. The van der Waals surface area contributed by atoms with Gasteiger partial charge in [-0.1, -0.05) is 54.8 Å². The first kappa shape index (κ1) is 21.1. The highest BCUT2D eigenvalue weighted by Crippen LogP contribution is 2.44. The van der Waals surface area contributed by atoms with E-state index in [0.717, 1.165) is 46.7 Å². The number of hydrogen-bond donors (Lipinski definition) is 1. The summed E-state index contributed by atoms with van der Waals surface area (Å²) >= 11 is 1.53. The lowest BCUT2D eigenvalue weighted by atomic mass is 9.82. The molecule has 1 N–H and O–H groups in total. The Balaban J connectivity index is 1.37. The van der Waals surface area contributed by atoms with Gasteiger partial charge in [0, 0.05) is 4.88 Å². The Bertz CT molecular complexity index is 1080. The molecule has 32 heavy (non-hydrogen) atoms. The highest BCUT2D eigenvalue weighted by atomic mass is 32.1. The van der Waals surface area contributed by atoms with Crippen molar-refractivity contribution in [2.75, 3.05) is 6.54 Å². The number of amides is 1. The molecule has 0 spiro atoms. The summed E-state index contributed by atoms with van der Waals surface area (Å²) in [6, 6.07) is 14.0. The van der Waals surface area contributed by atoms with E-state index in [1.165, 1.54) is 30.6 Å². The molecule has 1 unspecified atom stereocenters. The molecule has 0 bridgehead atoms. The number of hydrogen-bond acceptors (Lipinski definition) is 5. The van der Waals surface area contributed by atoms with Crippen molar-refractivity contribution in [3.05, 3.63) is 59.2 Å². The summed E-state index contributed by atoms with van der Waals surface area (Å²) in [4.78, 5) is 19.2. The smallest absolute Gasteiger partial charge is 0.261 e. The minimum Gasteiger partial charge on any atom is -0.343 e. The van der Waals surface area contributed by atoms with Gasteiger partial charge in [0.05, 0.1) is 29.2 Å². The van der Waals surface area contributed by atoms with E-state index in [2.05, 4.69) is 39.5 Å². The molecule has 2 saturated carbocycles. The molecule has 166 valence electrons. The van der Waals surface area contributed by atoms with E-state index in [4.69, 9.17) is 0 Å². The van der Waals surface area contributed by atoms with Gasteiger partial charge >= 0.3 is 0 Å². The Morgan fingerprint density at radius 2 is 1.97 bits per heavy atom. The van der Waals surface area contributed by atoms with Crippen LogP contribution in [0.15, 0.2) is 53.7 Å². The highest BCUT2D eigenvalue weighted by molar-refractivity contribution is 7.17. The van der Waals surface area contributed by atoms with Crippen molar-refractivity contribution in [1.29, 1.82) is 0 Å². The van der Waals surface area contributed by atoms with Gasteiger partial charge in [0.25, 0.3) is 5.91 Å². The molecule has 2 aliphatic carbocycles. The van der Waals surface area contributed by atoms with Crippen LogP contribution < -0.4 is 5.32 Å². The number of benzene rings is 1. The number of aromatic nitrogens is 3. The number of thiophene rings is 1. The second-order valence-electron chi connectivity index (χ2n) is 9.07. The van der Waals surface area contributed by atoms with Crippen molar-refractivity contribution in [2.24, 2.45) is 10.9 Å². The van der Waals surface area contributed by atoms with E-state index >= 15 is 0 Å². The van der Waals surface area contributed by atoms with Crippen molar-refractivity contribution in [2.45, 2.75) is 56.5 Å². The molecule has 2 fully saturated rings. The summed E-state index contributed by atoms with van der Waals surface area (Å²) in [6.45, 7) is 4.32. The topological polar surface area (TPSA) is 72.2 Å². The molecule has 2 aliphatic rings. The van der Waals surface area contributed by atoms with Crippen LogP contribution in [-0.2, 0) is 5.54 Å². The summed E-state index contributed by atoms with van der Waals surface area (Å²) < 4.78 is 1.96. The molecule has 2 heterocycles. The van der Waals surface area contributed by atoms with Crippen LogP contribution in [0.4, 0.5) is 0 Å². The van der Waals surface area contributed by atoms with Gasteiger partial charge in [-0.3, -0.25) is 9.79 Å². The summed E-state index contributed by atoms with van der Waals surface area (Å²) in [5.41, 5.74) is 1.93. The molecule has 1 amide bonds. The van der Waals surface area contributed by atoms with E-state index in [-0.39, 0.29) is 17.5 Å². The van der Waals surface area contributed by atoms with Crippen molar-refractivity contribution < 1.29 is 4.79 Å². The summed E-state index contributed by atoms with van der Waals surface area (Å²) in [6.07, 6.45) is 10.0. The maximum Gasteiger partial charge on any atom is 0.261 e. The minimum atomic E-state index is -0.119. The van der Waals surface area contributed by atoms with Crippen molar-refractivity contribution in [1.82, 2.24) is 20.3 Å². The van der Waals surface area contributed by atoms with Crippen LogP contribution in [0.25, 0.3) is 10.4 Å². The van der Waals surface area contributed by atoms with Gasteiger partial charge in [0.2, 0.25) is 0 Å². The second-order valence-corrected chi connectivity index (χ2v) is 10.2. The third-order valence-electron chi connectivity index (χ3n) is 6.84. The third kappa shape index (κ3) is 4.26. The van der Waals surface area contributed by atoms with Gasteiger partial charge in [-0.25, -0.2) is 4.68 Å². The molecule has 7 heteroatoms. The van der Waals surface area contributed by atoms with Gasteiger partial charge in [-0.15, -0.1) is 16.4 Å². The fourth-order valence-corrected chi connectivity index (χ4v) is 5.71. The van der Waals surface area contributed by atoms with Crippen LogP contribution in [0.3, 0.4) is 0 Å². The maximum absolute atomic E-state index is 13.3. The van der Waals surface area contributed by atoms with Crippen LogP contribution in [-0.4, -0.2) is 34.2 Å². The van der Waals surface area contributed by atoms with Gasteiger partial charge < -0.3 is 5.32 Å². The minimum absolute atomic E-state index is 0.0313. The lowest BCUT2D eigenvalue weighted by Crippen LogP contribution is -2.34. The SMILES string of the molecule is C=NCC1(n2cc(C(NC(=O)c3ccc(-c4ccccc4)s3)C3CCCCC3)nn2)CC1. The van der Waals surface area contributed by atoms with Gasteiger partial charge in [0.15, 0.2) is 0 Å². The first-order chi connectivity index (χ1) is 15.7. The zero-order chi connectivity index (χ0) is 22.0. The first-order valence-corrected chi connectivity index (χ1v) is 12.3. The Morgan fingerprint density at radius 1 is 1.19 bits per heavy atom. The third-order valence-corrected chi connectivity index (χ3v) is 7.98. The average Bonchev–Trinajstić information content (AvgIpc) is 3.24. The molecule has 0 aliphatic heterocycles. The molecule has 5 rings (SSSR count). The lowest BCUT2D eigenvalue weighted by Gasteiger charge is -2.29. The number of carbonyl (C=O) groups excluding carboxylic acids is 1. The Hall–Kier alpha value is -2.80. The zero-order valence-electron chi connectivity index (χ0n) is 18.2. The standard InChI is InChI=1S/C25H29N5OS/c1-26-17-25(14-15-25)30-16-20(28-29-30)23(19-10-6-3-7-11-19)27-24(31)22-13-12-21(32-22)18-8-4-2-5-9-18/h2,4-5,8-9,12-13,16,19,23H,1,3,6-7,10-11,14-15,17H2,(H,27,31). The fourth-order valence-electron chi connectivity index (χ4n) is 4.79. The lowest BCUT2D eigenvalue weighted by molar-refractivity contribution is 0.0915. The number of aliphatic imine (C=N–C) groups is 1. The van der Waals surface area contributed by atoms with Crippen molar-refractivity contribution in [3.63, 3.8) is 0 Å². The van der Waals surface area contributed by atoms with Crippen molar-refractivity contribution >= 4 is 24.0 Å². The predicted octanol–water partition coefficient (Wildman–Crippen LogP) is 5.25. The number of nitrogens with one attached hydrogen (secondary N) is 1. The average molecular weight is 448 g/mol. The van der Waals surface area contributed by atoms with E-state index in [1.54, 1.807) is 0 Å². The number of carbonyl (C=O) groups is 1. The fraction of sp³-hybridized carbons (Fsp3) is 0.440. The van der Waals surface area contributed by atoms with E-state index in [1.807, 2.05) is 41.2 Å². The van der Waals surface area contributed by atoms with Crippen LogP contribution in [0, 0.1) is 5.92 Å². The van der Waals surface area contributed by atoms with Crippen LogP contribution >= 0.6 is 11.3 Å². The summed E-state index contributed by atoms with van der Waals surface area (Å²) in [5, 5.41) is 12.3. The Morgan fingerprint density at radius 3 is 2.69 bits per heavy atom. The molecule has 0 radical (unpaired) electrons. The second kappa shape index (κ2) is 8.98. The first-order valence-electron chi connectivity index (χ1n) is 11.5. The van der Waals surface area contributed by atoms with E-state index in [0.29, 0.717) is 12.5 Å². The van der Waals surface area contributed by atoms with Crippen LogP contribution in [0.5, 0.6) is 0 Å². The Labute approximate surface area is 192 Å². The van der Waals surface area contributed by atoms with Crippen LogP contribution in [0.2, 0.25) is 0 Å². The van der Waals surface area contributed by atoms with Gasteiger partial charge in [-0.2, -0.15) is 0 Å².